The van der Waals surface area contributed by atoms with Crippen LogP contribution in [-0.4, -0.2) is 36.4 Å². The van der Waals surface area contributed by atoms with Gasteiger partial charge in [-0.05, 0) is 19.1 Å². The van der Waals surface area contributed by atoms with Crippen molar-refractivity contribution in [2.75, 3.05) is 14.1 Å². The quantitative estimate of drug-likeness (QED) is 0.888. The summed E-state index contributed by atoms with van der Waals surface area (Å²) < 4.78 is 29.1. The van der Waals surface area contributed by atoms with E-state index in [1.54, 1.807) is 0 Å². The number of hydrogen-bond donors (Lipinski definition) is 1. The molecule has 0 aliphatic carbocycles. The Morgan fingerprint density at radius 3 is 2.63 bits per heavy atom. The minimum atomic E-state index is -3.43. The van der Waals surface area contributed by atoms with E-state index in [0.29, 0.717) is 5.82 Å². The van der Waals surface area contributed by atoms with Gasteiger partial charge in [-0.2, -0.15) is 17.4 Å². The van der Waals surface area contributed by atoms with Crippen molar-refractivity contribution < 1.29 is 8.42 Å². The molecule has 1 N–H and O–H groups in total. The fourth-order valence-corrected chi connectivity index (χ4v) is 2.47. The standard InChI is InChI=1S/C12H18N4O2S/c1-4-16-11-8-6-5-7-10(11)14-12(16)9-13-19(17,18)15(2)3/h5-8,13H,4,9H2,1-3H3. The van der Waals surface area contributed by atoms with Gasteiger partial charge in [-0.25, -0.2) is 4.98 Å². The molecule has 0 atom stereocenters. The van der Waals surface area contributed by atoms with Crippen LogP contribution in [0.2, 0.25) is 0 Å². The Morgan fingerprint density at radius 1 is 1.32 bits per heavy atom. The van der Waals surface area contributed by atoms with E-state index in [1.807, 2.05) is 35.8 Å². The lowest BCUT2D eigenvalue weighted by molar-refractivity contribution is 0.502. The van der Waals surface area contributed by atoms with Gasteiger partial charge in [0.05, 0.1) is 17.6 Å². The summed E-state index contributed by atoms with van der Waals surface area (Å²) in [6.45, 7) is 2.95. The Kier molecular flexibility index (Phi) is 3.88. The lowest BCUT2D eigenvalue weighted by Crippen LogP contribution is -2.35. The number of aromatic nitrogens is 2. The van der Waals surface area contributed by atoms with Gasteiger partial charge in [0.25, 0.3) is 10.2 Å². The van der Waals surface area contributed by atoms with Gasteiger partial charge in [0.1, 0.15) is 5.82 Å². The first-order chi connectivity index (χ1) is 8.95. The van der Waals surface area contributed by atoms with Crippen LogP contribution in [0.25, 0.3) is 11.0 Å². The van der Waals surface area contributed by atoms with E-state index in [9.17, 15) is 8.42 Å². The highest BCUT2D eigenvalue weighted by atomic mass is 32.2. The molecule has 0 aliphatic rings. The number of aryl methyl sites for hydroxylation is 1. The Bertz CT molecular complexity index is 676. The summed E-state index contributed by atoms with van der Waals surface area (Å²) in [7, 11) is -0.446. The van der Waals surface area contributed by atoms with Gasteiger partial charge in [-0.1, -0.05) is 12.1 Å². The fraction of sp³-hybridized carbons (Fsp3) is 0.417. The molecule has 1 heterocycles. The molecule has 1 aromatic heterocycles. The van der Waals surface area contributed by atoms with Crippen molar-refractivity contribution in [3.8, 4) is 0 Å². The largest absolute Gasteiger partial charge is 0.327 e. The minimum absolute atomic E-state index is 0.184. The summed E-state index contributed by atoms with van der Waals surface area (Å²) in [5, 5.41) is 0. The lowest BCUT2D eigenvalue weighted by atomic mass is 10.3. The highest BCUT2D eigenvalue weighted by Crippen LogP contribution is 2.15. The first-order valence-electron chi connectivity index (χ1n) is 6.07. The zero-order chi connectivity index (χ0) is 14.0. The van der Waals surface area contributed by atoms with Gasteiger partial charge < -0.3 is 4.57 Å². The normalized spacial score (nSPS) is 12.4. The molecule has 0 radical (unpaired) electrons. The summed E-state index contributed by atoms with van der Waals surface area (Å²) in [5.41, 5.74) is 1.90. The molecule has 2 rings (SSSR count). The van der Waals surface area contributed by atoms with E-state index >= 15 is 0 Å². The summed E-state index contributed by atoms with van der Waals surface area (Å²) >= 11 is 0. The van der Waals surface area contributed by atoms with Crippen LogP contribution in [0.4, 0.5) is 0 Å². The van der Waals surface area contributed by atoms with Crippen molar-refractivity contribution in [1.29, 1.82) is 0 Å². The monoisotopic (exact) mass is 282 g/mol. The van der Waals surface area contributed by atoms with E-state index in [-0.39, 0.29) is 6.54 Å². The smallest absolute Gasteiger partial charge is 0.279 e. The van der Waals surface area contributed by atoms with Crippen molar-refractivity contribution >= 4 is 21.2 Å². The van der Waals surface area contributed by atoms with Crippen LogP contribution in [0.3, 0.4) is 0 Å². The van der Waals surface area contributed by atoms with E-state index in [4.69, 9.17) is 0 Å². The summed E-state index contributed by atoms with van der Waals surface area (Å²) in [6, 6.07) is 7.77. The Hall–Kier alpha value is -1.44. The second-order valence-corrected chi connectivity index (χ2v) is 6.34. The van der Waals surface area contributed by atoms with Crippen LogP contribution < -0.4 is 4.72 Å². The number of benzene rings is 1. The molecular formula is C12H18N4O2S. The van der Waals surface area contributed by atoms with Crippen molar-refractivity contribution in [2.24, 2.45) is 0 Å². The predicted octanol–water partition coefficient (Wildman–Crippen LogP) is 0.952. The Labute approximate surface area is 113 Å². The number of rotatable bonds is 5. The average molecular weight is 282 g/mol. The van der Waals surface area contributed by atoms with E-state index in [0.717, 1.165) is 21.9 Å². The van der Waals surface area contributed by atoms with Crippen molar-refractivity contribution in [1.82, 2.24) is 18.6 Å². The molecule has 0 saturated heterocycles. The molecular weight excluding hydrogens is 264 g/mol. The average Bonchev–Trinajstić information content (AvgIpc) is 2.73. The van der Waals surface area contributed by atoms with Gasteiger partial charge in [-0.15, -0.1) is 0 Å². The fourth-order valence-electron chi connectivity index (χ4n) is 1.90. The van der Waals surface area contributed by atoms with Crippen LogP contribution in [0.5, 0.6) is 0 Å². The SMILES string of the molecule is CCn1c(CNS(=O)(=O)N(C)C)nc2ccccc21. The second-order valence-electron chi connectivity index (χ2n) is 4.37. The molecule has 1 aromatic carbocycles. The highest BCUT2D eigenvalue weighted by molar-refractivity contribution is 7.87. The third kappa shape index (κ3) is 2.78. The number of imidazole rings is 1. The minimum Gasteiger partial charge on any atom is -0.327 e. The van der Waals surface area contributed by atoms with Crippen LogP contribution in [0.15, 0.2) is 24.3 Å². The van der Waals surface area contributed by atoms with E-state index in [2.05, 4.69) is 9.71 Å². The molecule has 0 bridgehead atoms. The zero-order valence-corrected chi connectivity index (χ0v) is 12.1. The molecule has 0 unspecified atom stereocenters. The maximum Gasteiger partial charge on any atom is 0.279 e. The van der Waals surface area contributed by atoms with Gasteiger partial charge in [0.15, 0.2) is 0 Å². The maximum atomic E-state index is 11.7. The van der Waals surface area contributed by atoms with Crippen molar-refractivity contribution in [3.63, 3.8) is 0 Å². The van der Waals surface area contributed by atoms with Gasteiger partial charge in [0.2, 0.25) is 0 Å². The second kappa shape index (κ2) is 5.28. The molecule has 2 aromatic rings. The maximum absolute atomic E-state index is 11.7. The number of hydrogen-bond acceptors (Lipinski definition) is 3. The molecule has 0 spiro atoms. The van der Waals surface area contributed by atoms with Crippen LogP contribution in [0, 0.1) is 0 Å². The topological polar surface area (TPSA) is 67.2 Å². The van der Waals surface area contributed by atoms with Gasteiger partial charge in [0, 0.05) is 20.6 Å². The van der Waals surface area contributed by atoms with Crippen molar-refractivity contribution in [2.45, 2.75) is 20.0 Å². The van der Waals surface area contributed by atoms with Crippen LogP contribution in [0.1, 0.15) is 12.7 Å². The molecule has 0 saturated carbocycles. The lowest BCUT2D eigenvalue weighted by Gasteiger charge is -2.12. The summed E-state index contributed by atoms with van der Waals surface area (Å²) in [4.78, 5) is 4.46. The summed E-state index contributed by atoms with van der Waals surface area (Å²) in [5.74, 6) is 0.717. The zero-order valence-electron chi connectivity index (χ0n) is 11.3. The molecule has 0 fully saturated rings. The molecule has 0 aliphatic heterocycles. The van der Waals surface area contributed by atoms with E-state index in [1.165, 1.54) is 14.1 Å². The highest BCUT2D eigenvalue weighted by Gasteiger charge is 2.15. The van der Waals surface area contributed by atoms with Crippen LogP contribution in [-0.2, 0) is 23.3 Å². The number of fused-ring (bicyclic) bond motifs is 1. The Balaban J connectivity index is 2.31. The van der Waals surface area contributed by atoms with Gasteiger partial charge >= 0.3 is 0 Å². The number of nitrogens with zero attached hydrogens (tertiary/aromatic N) is 3. The van der Waals surface area contributed by atoms with E-state index < -0.39 is 10.2 Å². The molecule has 7 heteroatoms. The third-order valence-electron chi connectivity index (χ3n) is 2.94. The molecule has 104 valence electrons. The summed E-state index contributed by atoms with van der Waals surface area (Å²) in [6.07, 6.45) is 0. The predicted molar refractivity (Wildman–Crippen MR) is 74.9 cm³/mol. The third-order valence-corrected chi connectivity index (χ3v) is 4.41. The number of para-hydroxylation sites is 2. The molecule has 6 nitrogen and oxygen atoms in total. The van der Waals surface area contributed by atoms with Gasteiger partial charge in [-0.3, -0.25) is 0 Å². The first-order valence-corrected chi connectivity index (χ1v) is 7.51. The number of nitrogens with one attached hydrogen (secondary N) is 1. The van der Waals surface area contributed by atoms with Crippen molar-refractivity contribution in [3.05, 3.63) is 30.1 Å². The first kappa shape index (κ1) is 14.0. The molecule has 0 amide bonds. The Morgan fingerprint density at radius 2 is 2.00 bits per heavy atom. The molecule has 19 heavy (non-hydrogen) atoms. The van der Waals surface area contributed by atoms with Crippen LogP contribution >= 0.6 is 0 Å².